The highest BCUT2D eigenvalue weighted by molar-refractivity contribution is 5.84. The van der Waals surface area contributed by atoms with Crippen molar-refractivity contribution in [3.8, 4) is 0 Å². The van der Waals surface area contributed by atoms with E-state index in [9.17, 15) is 0 Å². The summed E-state index contributed by atoms with van der Waals surface area (Å²) in [6.07, 6.45) is 6.90. The summed E-state index contributed by atoms with van der Waals surface area (Å²) >= 11 is 0. The highest BCUT2D eigenvalue weighted by Crippen LogP contribution is 2.39. The predicted octanol–water partition coefficient (Wildman–Crippen LogP) is 2.91. The van der Waals surface area contributed by atoms with Gasteiger partial charge < -0.3 is 10.3 Å². The summed E-state index contributed by atoms with van der Waals surface area (Å²) in [5, 5.41) is 1.33. The summed E-state index contributed by atoms with van der Waals surface area (Å²) in [6, 6.07) is 8.69. The fraction of sp³-hybridized carbons (Fsp3) is 0.429. The number of aryl methyl sites for hydroxylation is 1. The molecule has 0 aliphatic heterocycles. The molecule has 0 atom stereocenters. The number of nitrogens with two attached hydrogens (primary N) is 1. The van der Waals surface area contributed by atoms with Gasteiger partial charge in [-0.05, 0) is 30.5 Å². The van der Waals surface area contributed by atoms with Gasteiger partial charge in [0, 0.05) is 29.7 Å². The molecule has 2 nitrogen and oxygen atoms in total. The van der Waals surface area contributed by atoms with Gasteiger partial charge in [-0.1, -0.05) is 25.0 Å². The molecular weight excluding hydrogens is 196 g/mol. The summed E-state index contributed by atoms with van der Waals surface area (Å²) < 4.78 is 2.16. The SMILES string of the molecule is Cn1ccc2c(C3(N)CCCC3)cccc21. The Kier molecular flexibility index (Phi) is 2.08. The molecule has 1 heterocycles. The van der Waals surface area contributed by atoms with E-state index < -0.39 is 0 Å². The first-order valence-electron chi connectivity index (χ1n) is 6.04. The first-order chi connectivity index (χ1) is 7.71. The van der Waals surface area contributed by atoms with E-state index >= 15 is 0 Å². The molecule has 1 aliphatic rings. The fourth-order valence-electron chi connectivity index (χ4n) is 3.01. The van der Waals surface area contributed by atoms with E-state index in [1.54, 1.807) is 0 Å². The average Bonchev–Trinajstić information content (AvgIpc) is 2.87. The Labute approximate surface area is 96.1 Å². The van der Waals surface area contributed by atoms with Crippen LogP contribution in [0.25, 0.3) is 10.9 Å². The molecule has 2 heteroatoms. The van der Waals surface area contributed by atoms with E-state index in [1.165, 1.54) is 29.3 Å². The fourth-order valence-corrected chi connectivity index (χ4v) is 3.01. The molecule has 0 unspecified atom stereocenters. The molecule has 2 aromatic rings. The lowest BCUT2D eigenvalue weighted by molar-refractivity contribution is 0.466. The number of rotatable bonds is 1. The molecular formula is C14H18N2. The Hall–Kier alpha value is -1.28. The Morgan fingerprint density at radius 3 is 2.69 bits per heavy atom. The van der Waals surface area contributed by atoms with Gasteiger partial charge in [0.05, 0.1) is 0 Å². The van der Waals surface area contributed by atoms with E-state index in [-0.39, 0.29) is 5.54 Å². The summed E-state index contributed by atoms with van der Waals surface area (Å²) in [5.41, 5.74) is 9.09. The van der Waals surface area contributed by atoms with Gasteiger partial charge in [-0.15, -0.1) is 0 Å². The van der Waals surface area contributed by atoms with Crippen molar-refractivity contribution in [1.29, 1.82) is 0 Å². The average molecular weight is 214 g/mol. The zero-order valence-electron chi connectivity index (χ0n) is 9.74. The van der Waals surface area contributed by atoms with Gasteiger partial charge in [0.2, 0.25) is 0 Å². The van der Waals surface area contributed by atoms with Crippen LogP contribution in [0, 0.1) is 0 Å². The van der Waals surface area contributed by atoms with Crippen LogP contribution < -0.4 is 5.73 Å². The largest absolute Gasteiger partial charge is 0.351 e. The maximum absolute atomic E-state index is 6.55. The zero-order chi connectivity index (χ0) is 11.2. The quantitative estimate of drug-likeness (QED) is 0.777. The van der Waals surface area contributed by atoms with Crippen molar-refractivity contribution >= 4 is 10.9 Å². The summed E-state index contributed by atoms with van der Waals surface area (Å²) in [4.78, 5) is 0. The van der Waals surface area contributed by atoms with Crippen molar-refractivity contribution < 1.29 is 0 Å². The smallest absolute Gasteiger partial charge is 0.0481 e. The molecule has 0 spiro atoms. The number of hydrogen-bond donors (Lipinski definition) is 1. The number of aromatic nitrogens is 1. The molecule has 84 valence electrons. The first-order valence-corrected chi connectivity index (χ1v) is 6.04. The molecule has 2 N–H and O–H groups in total. The highest BCUT2D eigenvalue weighted by Gasteiger charge is 2.32. The molecule has 16 heavy (non-hydrogen) atoms. The molecule has 0 amide bonds. The van der Waals surface area contributed by atoms with Crippen molar-refractivity contribution in [2.45, 2.75) is 31.2 Å². The number of hydrogen-bond acceptors (Lipinski definition) is 1. The summed E-state index contributed by atoms with van der Waals surface area (Å²) in [7, 11) is 2.09. The zero-order valence-corrected chi connectivity index (χ0v) is 9.74. The van der Waals surface area contributed by atoms with Crippen LogP contribution in [0.3, 0.4) is 0 Å². The minimum Gasteiger partial charge on any atom is -0.351 e. The van der Waals surface area contributed by atoms with Crippen LogP contribution in [0.4, 0.5) is 0 Å². The van der Waals surface area contributed by atoms with Crippen molar-refractivity contribution in [3.05, 3.63) is 36.0 Å². The molecule has 1 saturated carbocycles. The third kappa shape index (κ3) is 1.30. The normalized spacial score (nSPS) is 19.4. The van der Waals surface area contributed by atoms with Crippen molar-refractivity contribution in [3.63, 3.8) is 0 Å². The molecule has 1 aromatic heterocycles. The van der Waals surface area contributed by atoms with Crippen molar-refractivity contribution in [2.75, 3.05) is 0 Å². The molecule has 3 rings (SSSR count). The Bertz CT molecular complexity index is 519. The second-order valence-electron chi connectivity index (χ2n) is 5.03. The number of nitrogens with zero attached hydrogens (tertiary/aromatic N) is 1. The lowest BCUT2D eigenvalue weighted by atomic mass is 9.87. The van der Waals surface area contributed by atoms with Gasteiger partial charge in [0.1, 0.15) is 0 Å². The first kappa shape index (κ1) is 9.91. The van der Waals surface area contributed by atoms with Crippen LogP contribution in [-0.4, -0.2) is 4.57 Å². The van der Waals surface area contributed by atoms with Crippen LogP contribution in [0.5, 0.6) is 0 Å². The topological polar surface area (TPSA) is 30.9 Å². The Balaban J connectivity index is 2.23. The highest BCUT2D eigenvalue weighted by atomic mass is 14.9. The number of fused-ring (bicyclic) bond motifs is 1. The summed E-state index contributed by atoms with van der Waals surface area (Å²) in [6.45, 7) is 0. The monoisotopic (exact) mass is 214 g/mol. The van der Waals surface area contributed by atoms with Crippen molar-refractivity contribution in [2.24, 2.45) is 12.8 Å². The maximum Gasteiger partial charge on any atom is 0.0481 e. The minimum atomic E-state index is -0.0825. The van der Waals surface area contributed by atoms with Crippen LogP contribution in [0.2, 0.25) is 0 Å². The maximum atomic E-state index is 6.55. The van der Waals surface area contributed by atoms with E-state index in [0.717, 1.165) is 12.8 Å². The minimum absolute atomic E-state index is 0.0825. The van der Waals surface area contributed by atoms with Gasteiger partial charge in [-0.3, -0.25) is 0 Å². The van der Waals surface area contributed by atoms with Gasteiger partial charge in [0.25, 0.3) is 0 Å². The molecule has 0 bridgehead atoms. The molecule has 1 fully saturated rings. The van der Waals surface area contributed by atoms with E-state index in [2.05, 4.69) is 42.1 Å². The van der Waals surface area contributed by atoms with Crippen LogP contribution in [0.1, 0.15) is 31.2 Å². The van der Waals surface area contributed by atoms with Gasteiger partial charge in [0.15, 0.2) is 0 Å². The van der Waals surface area contributed by atoms with Crippen LogP contribution >= 0.6 is 0 Å². The van der Waals surface area contributed by atoms with Crippen molar-refractivity contribution in [1.82, 2.24) is 4.57 Å². The number of benzene rings is 1. The molecule has 0 saturated heterocycles. The predicted molar refractivity (Wildman–Crippen MR) is 67.3 cm³/mol. The third-order valence-corrected chi connectivity index (χ3v) is 3.96. The molecule has 0 radical (unpaired) electrons. The van der Waals surface area contributed by atoms with Gasteiger partial charge in [-0.25, -0.2) is 0 Å². The van der Waals surface area contributed by atoms with E-state index in [0.29, 0.717) is 0 Å². The second-order valence-corrected chi connectivity index (χ2v) is 5.03. The summed E-state index contributed by atoms with van der Waals surface area (Å²) in [5.74, 6) is 0. The Morgan fingerprint density at radius 1 is 1.19 bits per heavy atom. The third-order valence-electron chi connectivity index (χ3n) is 3.96. The van der Waals surface area contributed by atoms with Crippen LogP contribution in [-0.2, 0) is 12.6 Å². The Morgan fingerprint density at radius 2 is 1.94 bits per heavy atom. The van der Waals surface area contributed by atoms with E-state index in [1.807, 2.05) is 0 Å². The lowest BCUT2D eigenvalue weighted by Gasteiger charge is -2.25. The second kappa shape index (κ2) is 3.36. The van der Waals surface area contributed by atoms with Gasteiger partial charge in [-0.2, -0.15) is 0 Å². The lowest BCUT2D eigenvalue weighted by Crippen LogP contribution is -2.33. The van der Waals surface area contributed by atoms with Crippen LogP contribution in [0.15, 0.2) is 30.5 Å². The van der Waals surface area contributed by atoms with E-state index in [4.69, 9.17) is 5.73 Å². The van der Waals surface area contributed by atoms with Gasteiger partial charge >= 0.3 is 0 Å². The molecule has 1 aliphatic carbocycles. The standard InChI is InChI=1S/C14H18N2/c1-16-10-7-11-12(5-4-6-13(11)16)14(15)8-2-3-9-14/h4-7,10H,2-3,8-9,15H2,1H3. The molecule has 1 aromatic carbocycles.